The molecule has 0 spiro atoms. The van der Waals surface area contributed by atoms with Crippen molar-refractivity contribution in [2.24, 2.45) is 5.92 Å². The van der Waals surface area contributed by atoms with Gasteiger partial charge < -0.3 is 15.0 Å². The Bertz CT molecular complexity index is 734. The highest BCUT2D eigenvalue weighted by molar-refractivity contribution is 6.35. The summed E-state index contributed by atoms with van der Waals surface area (Å²) in [4.78, 5) is 38.3. The molecule has 1 aromatic rings. The van der Waals surface area contributed by atoms with Crippen LogP contribution in [0.2, 0.25) is 10.0 Å². The highest BCUT2D eigenvalue weighted by atomic mass is 35.5. The van der Waals surface area contributed by atoms with E-state index in [0.717, 1.165) is 25.7 Å². The van der Waals surface area contributed by atoms with Gasteiger partial charge in [-0.2, -0.15) is 0 Å². The number of hydrogen-bond acceptors (Lipinski definition) is 4. The van der Waals surface area contributed by atoms with E-state index in [2.05, 4.69) is 5.32 Å². The Balaban J connectivity index is 1.48. The third-order valence-corrected chi connectivity index (χ3v) is 5.62. The Labute approximate surface area is 168 Å². The van der Waals surface area contributed by atoms with Crippen LogP contribution < -0.4 is 5.32 Å². The molecule has 6 nitrogen and oxygen atoms in total. The molecule has 0 bridgehead atoms. The van der Waals surface area contributed by atoms with E-state index in [1.807, 2.05) is 4.90 Å². The molecule has 2 amide bonds. The summed E-state index contributed by atoms with van der Waals surface area (Å²) in [7, 11) is 0. The molecule has 3 rings (SSSR count). The van der Waals surface area contributed by atoms with E-state index in [1.165, 1.54) is 12.5 Å². The number of nitrogens with zero attached hydrogens (tertiary/aromatic N) is 1. The van der Waals surface area contributed by atoms with Crippen molar-refractivity contribution in [3.63, 3.8) is 0 Å². The monoisotopic (exact) mass is 412 g/mol. The van der Waals surface area contributed by atoms with Gasteiger partial charge >= 0.3 is 5.97 Å². The predicted octanol–water partition coefficient (Wildman–Crippen LogP) is 3.66. The van der Waals surface area contributed by atoms with Gasteiger partial charge in [0, 0.05) is 24.0 Å². The largest absolute Gasteiger partial charge is 0.455 e. The van der Waals surface area contributed by atoms with Gasteiger partial charge in [0.1, 0.15) is 0 Å². The summed E-state index contributed by atoms with van der Waals surface area (Å²) in [6.07, 6.45) is 5.59. The number of anilines is 1. The summed E-state index contributed by atoms with van der Waals surface area (Å²) in [5.74, 6) is -1.55. The minimum atomic E-state index is -0.519. The van der Waals surface area contributed by atoms with Crippen molar-refractivity contribution >= 4 is 46.7 Å². The lowest BCUT2D eigenvalue weighted by molar-refractivity contribution is -0.151. The number of hydrogen-bond donors (Lipinski definition) is 1. The van der Waals surface area contributed by atoms with Crippen LogP contribution in [-0.2, 0) is 19.1 Å². The van der Waals surface area contributed by atoms with Crippen LogP contribution >= 0.6 is 23.2 Å². The molecule has 27 heavy (non-hydrogen) atoms. The number of rotatable bonds is 5. The zero-order valence-electron chi connectivity index (χ0n) is 14.9. The maximum Gasteiger partial charge on any atom is 0.311 e. The van der Waals surface area contributed by atoms with Crippen LogP contribution in [0.1, 0.15) is 38.5 Å². The lowest BCUT2D eigenvalue weighted by atomic mass is 9.94. The molecule has 0 unspecified atom stereocenters. The Morgan fingerprint density at radius 2 is 1.93 bits per heavy atom. The number of benzene rings is 1. The van der Waals surface area contributed by atoms with Gasteiger partial charge in [-0.15, -0.1) is 0 Å². The highest BCUT2D eigenvalue weighted by Gasteiger charge is 2.39. The van der Waals surface area contributed by atoms with Crippen LogP contribution in [0.15, 0.2) is 18.2 Å². The zero-order chi connectivity index (χ0) is 19.4. The van der Waals surface area contributed by atoms with Crippen molar-refractivity contribution in [1.29, 1.82) is 0 Å². The molecular weight excluding hydrogens is 391 g/mol. The quantitative estimate of drug-likeness (QED) is 0.748. The first-order valence-electron chi connectivity index (χ1n) is 9.15. The number of amides is 2. The number of carbonyl (C=O) groups is 3. The predicted molar refractivity (Wildman–Crippen MR) is 103 cm³/mol. The minimum Gasteiger partial charge on any atom is -0.455 e. The van der Waals surface area contributed by atoms with Crippen molar-refractivity contribution in [3.8, 4) is 0 Å². The first kappa shape index (κ1) is 20.0. The van der Waals surface area contributed by atoms with Gasteiger partial charge in [-0.05, 0) is 31.0 Å². The van der Waals surface area contributed by atoms with Gasteiger partial charge in [0.2, 0.25) is 5.91 Å². The number of halogens is 2. The van der Waals surface area contributed by atoms with Crippen molar-refractivity contribution < 1.29 is 19.1 Å². The molecule has 8 heteroatoms. The van der Waals surface area contributed by atoms with Crippen molar-refractivity contribution in [2.75, 3.05) is 18.5 Å². The van der Waals surface area contributed by atoms with Crippen LogP contribution in [0.25, 0.3) is 0 Å². The fourth-order valence-corrected chi connectivity index (χ4v) is 4.01. The van der Waals surface area contributed by atoms with Gasteiger partial charge in [-0.1, -0.05) is 42.5 Å². The van der Waals surface area contributed by atoms with Gasteiger partial charge in [0.15, 0.2) is 6.61 Å². The molecule has 1 aliphatic heterocycles. The van der Waals surface area contributed by atoms with Crippen LogP contribution in [0.4, 0.5) is 5.69 Å². The van der Waals surface area contributed by atoms with E-state index in [9.17, 15) is 14.4 Å². The third-order valence-electron chi connectivity index (χ3n) is 5.06. The SMILES string of the molecule is O=C(COC(=O)[C@@H]1CC(=O)N(C2CCCCC2)C1)Nc1cc(Cl)ccc1Cl. The molecule has 1 saturated heterocycles. The molecule has 1 heterocycles. The molecule has 2 aliphatic rings. The van der Waals surface area contributed by atoms with Crippen molar-refractivity contribution in [1.82, 2.24) is 4.90 Å². The lowest BCUT2D eigenvalue weighted by Gasteiger charge is -2.31. The van der Waals surface area contributed by atoms with Gasteiger partial charge in [-0.3, -0.25) is 14.4 Å². The molecule has 1 aliphatic carbocycles. The number of ether oxygens (including phenoxy) is 1. The average molecular weight is 413 g/mol. The number of esters is 1. The standard InChI is InChI=1S/C19H22Cl2N2O4/c20-13-6-7-15(21)16(9-13)22-17(24)11-27-19(26)12-8-18(25)23(10-12)14-4-2-1-3-5-14/h6-7,9,12,14H,1-5,8,10-11H2,(H,22,24)/t12-/m1/s1. The first-order chi connectivity index (χ1) is 12.9. The Hall–Kier alpha value is -1.79. The van der Waals surface area contributed by atoms with Gasteiger partial charge in [-0.25, -0.2) is 0 Å². The first-order valence-corrected chi connectivity index (χ1v) is 9.90. The fraction of sp³-hybridized carbons (Fsp3) is 0.526. The molecule has 1 aromatic carbocycles. The minimum absolute atomic E-state index is 0.000916. The number of carbonyl (C=O) groups excluding carboxylic acids is 3. The van der Waals surface area contributed by atoms with Crippen molar-refractivity contribution in [2.45, 2.75) is 44.6 Å². The summed E-state index contributed by atoms with van der Waals surface area (Å²) in [5, 5.41) is 3.32. The summed E-state index contributed by atoms with van der Waals surface area (Å²) < 4.78 is 5.11. The molecule has 0 aromatic heterocycles. The maximum absolute atomic E-state index is 12.3. The van der Waals surface area contributed by atoms with Gasteiger partial charge in [0.05, 0.1) is 16.6 Å². The van der Waals surface area contributed by atoms with E-state index in [-0.39, 0.29) is 18.4 Å². The molecule has 0 radical (unpaired) electrons. The highest BCUT2D eigenvalue weighted by Crippen LogP contribution is 2.29. The second kappa shape index (κ2) is 8.93. The second-order valence-electron chi connectivity index (χ2n) is 7.02. The normalized spacial score (nSPS) is 20.6. The van der Waals surface area contributed by atoms with Crippen LogP contribution in [-0.4, -0.2) is 41.9 Å². The van der Waals surface area contributed by atoms with E-state index < -0.39 is 24.4 Å². The molecule has 1 N–H and O–H groups in total. The van der Waals surface area contributed by atoms with Crippen molar-refractivity contribution in [3.05, 3.63) is 28.2 Å². The van der Waals surface area contributed by atoms with Gasteiger partial charge in [0.25, 0.3) is 5.91 Å². The van der Waals surface area contributed by atoms with E-state index in [4.69, 9.17) is 27.9 Å². The van der Waals surface area contributed by atoms with Crippen LogP contribution in [0.3, 0.4) is 0 Å². The van der Waals surface area contributed by atoms with E-state index in [0.29, 0.717) is 22.3 Å². The average Bonchev–Trinajstić information content (AvgIpc) is 3.05. The molecule has 1 saturated carbocycles. The number of likely N-dealkylation sites (tertiary alicyclic amines) is 1. The lowest BCUT2D eigenvalue weighted by Crippen LogP contribution is -2.38. The maximum atomic E-state index is 12.3. The Morgan fingerprint density at radius 1 is 1.19 bits per heavy atom. The third kappa shape index (κ3) is 5.14. The summed E-state index contributed by atoms with van der Waals surface area (Å²) in [6.45, 7) is -0.0557. The van der Waals surface area contributed by atoms with Crippen LogP contribution in [0, 0.1) is 5.92 Å². The summed E-state index contributed by atoms with van der Waals surface area (Å²) >= 11 is 11.9. The second-order valence-corrected chi connectivity index (χ2v) is 7.86. The molecular formula is C19H22Cl2N2O4. The molecule has 1 atom stereocenters. The molecule has 146 valence electrons. The summed E-state index contributed by atoms with van der Waals surface area (Å²) in [5.41, 5.74) is 0.352. The smallest absolute Gasteiger partial charge is 0.311 e. The van der Waals surface area contributed by atoms with E-state index in [1.54, 1.807) is 12.1 Å². The molecule has 2 fully saturated rings. The fourth-order valence-electron chi connectivity index (χ4n) is 3.67. The van der Waals surface area contributed by atoms with Crippen LogP contribution in [0.5, 0.6) is 0 Å². The Kier molecular flexibility index (Phi) is 6.60. The van der Waals surface area contributed by atoms with E-state index >= 15 is 0 Å². The summed E-state index contributed by atoms with van der Waals surface area (Å²) in [6, 6.07) is 4.92. The zero-order valence-corrected chi connectivity index (χ0v) is 16.4. The number of nitrogens with one attached hydrogen (secondary N) is 1. The Morgan fingerprint density at radius 3 is 2.67 bits per heavy atom. The topological polar surface area (TPSA) is 75.7 Å².